The van der Waals surface area contributed by atoms with E-state index < -0.39 is 0 Å². The molecule has 3 N–H and O–H groups in total. The minimum atomic E-state index is 0.742. The third-order valence-corrected chi connectivity index (χ3v) is 5.08. The van der Waals surface area contributed by atoms with Crippen molar-refractivity contribution in [3.63, 3.8) is 0 Å². The van der Waals surface area contributed by atoms with Crippen LogP contribution in [0, 0.1) is 20.8 Å². The number of rotatable bonds is 5. The fraction of sp³-hybridized carbons (Fsp3) is 0.333. The first-order valence-electron chi connectivity index (χ1n) is 8.59. The van der Waals surface area contributed by atoms with Gasteiger partial charge in [0.05, 0.1) is 5.52 Å². The number of aryl methyl sites for hydroxylation is 4. The molecule has 0 aliphatic heterocycles. The number of H-pyrrole nitrogens is 1. The van der Waals surface area contributed by atoms with E-state index in [-0.39, 0.29) is 0 Å². The van der Waals surface area contributed by atoms with Crippen molar-refractivity contribution in [2.75, 3.05) is 6.54 Å². The highest BCUT2D eigenvalue weighted by Crippen LogP contribution is 2.35. The van der Waals surface area contributed by atoms with Gasteiger partial charge in [-0.2, -0.15) is 0 Å². The van der Waals surface area contributed by atoms with Crippen LogP contribution >= 0.6 is 11.6 Å². The number of hydrogen-bond acceptors (Lipinski definition) is 1. The van der Waals surface area contributed by atoms with E-state index in [1.807, 2.05) is 6.07 Å². The zero-order valence-electron chi connectivity index (χ0n) is 14.7. The Bertz CT molecular complexity index is 857. The second-order valence-electron chi connectivity index (χ2n) is 6.70. The summed E-state index contributed by atoms with van der Waals surface area (Å²) in [6.45, 7) is 7.12. The SMILES string of the molecule is Cc1cc(C)cc(-c2[nH]c3c(C)c(Cl)ccc3c2CCCCN)c1. The number of halogens is 1. The minimum absolute atomic E-state index is 0.742. The van der Waals surface area contributed by atoms with Crippen LogP contribution in [0.3, 0.4) is 0 Å². The molecule has 0 bridgehead atoms. The third kappa shape index (κ3) is 3.22. The Morgan fingerprint density at radius 1 is 1.00 bits per heavy atom. The number of nitrogens with one attached hydrogen (secondary N) is 1. The molecule has 24 heavy (non-hydrogen) atoms. The van der Waals surface area contributed by atoms with E-state index in [9.17, 15) is 0 Å². The molecule has 0 amide bonds. The van der Waals surface area contributed by atoms with Crippen molar-refractivity contribution in [3.05, 3.63) is 57.6 Å². The molecular weight excluding hydrogens is 316 g/mol. The van der Waals surface area contributed by atoms with Crippen molar-refractivity contribution in [1.29, 1.82) is 0 Å². The van der Waals surface area contributed by atoms with Gasteiger partial charge in [0.25, 0.3) is 0 Å². The number of hydrogen-bond donors (Lipinski definition) is 2. The van der Waals surface area contributed by atoms with Crippen LogP contribution in [0.15, 0.2) is 30.3 Å². The number of fused-ring (bicyclic) bond motifs is 1. The molecule has 1 aromatic heterocycles. The normalized spacial score (nSPS) is 11.4. The lowest BCUT2D eigenvalue weighted by Crippen LogP contribution is -1.99. The standard InChI is InChI=1S/C21H25ClN2/c1-13-10-14(2)12-16(11-13)21-17(6-4-5-9-23)18-7-8-19(22)15(3)20(18)24-21/h7-8,10-12,24H,4-6,9,23H2,1-3H3. The third-order valence-electron chi connectivity index (χ3n) is 4.67. The molecule has 0 fully saturated rings. The second kappa shape index (κ2) is 7.00. The van der Waals surface area contributed by atoms with Crippen molar-refractivity contribution in [2.24, 2.45) is 5.73 Å². The van der Waals surface area contributed by atoms with Gasteiger partial charge >= 0.3 is 0 Å². The number of nitrogens with two attached hydrogens (primary N) is 1. The summed E-state index contributed by atoms with van der Waals surface area (Å²) in [6, 6.07) is 10.9. The lowest BCUT2D eigenvalue weighted by molar-refractivity contribution is 0.748. The molecule has 0 saturated heterocycles. The summed E-state index contributed by atoms with van der Waals surface area (Å²) in [4.78, 5) is 3.66. The van der Waals surface area contributed by atoms with E-state index in [0.717, 1.165) is 41.9 Å². The van der Waals surface area contributed by atoms with Crippen molar-refractivity contribution < 1.29 is 0 Å². The van der Waals surface area contributed by atoms with Crippen molar-refractivity contribution in [2.45, 2.75) is 40.0 Å². The van der Waals surface area contributed by atoms with Gasteiger partial charge in [-0.15, -0.1) is 0 Å². The molecule has 0 radical (unpaired) electrons. The molecule has 0 unspecified atom stereocenters. The highest BCUT2D eigenvalue weighted by atomic mass is 35.5. The molecule has 126 valence electrons. The number of aromatic nitrogens is 1. The summed E-state index contributed by atoms with van der Waals surface area (Å²) in [6.07, 6.45) is 3.18. The summed E-state index contributed by atoms with van der Waals surface area (Å²) < 4.78 is 0. The molecule has 0 aliphatic rings. The van der Waals surface area contributed by atoms with Gasteiger partial charge in [-0.1, -0.05) is 34.9 Å². The number of benzene rings is 2. The van der Waals surface area contributed by atoms with Crippen molar-refractivity contribution in [3.8, 4) is 11.3 Å². The Labute approximate surface area is 149 Å². The molecule has 3 heteroatoms. The molecule has 0 atom stereocenters. The van der Waals surface area contributed by atoms with Crippen molar-refractivity contribution in [1.82, 2.24) is 4.98 Å². The Morgan fingerprint density at radius 2 is 1.71 bits per heavy atom. The largest absolute Gasteiger partial charge is 0.354 e. The van der Waals surface area contributed by atoms with Crippen LogP contribution in [-0.4, -0.2) is 11.5 Å². The van der Waals surface area contributed by atoms with E-state index in [0.29, 0.717) is 0 Å². The summed E-state index contributed by atoms with van der Waals surface area (Å²) in [5.41, 5.74) is 14.4. The lowest BCUT2D eigenvalue weighted by Gasteiger charge is -2.08. The van der Waals surface area contributed by atoms with Gasteiger partial charge in [0.1, 0.15) is 0 Å². The van der Waals surface area contributed by atoms with E-state index in [4.69, 9.17) is 17.3 Å². The van der Waals surface area contributed by atoms with Gasteiger partial charge in [-0.25, -0.2) is 0 Å². The quantitative estimate of drug-likeness (QED) is 0.575. The minimum Gasteiger partial charge on any atom is -0.354 e. The summed E-state index contributed by atoms with van der Waals surface area (Å²) in [5, 5.41) is 2.09. The zero-order chi connectivity index (χ0) is 17.3. The van der Waals surface area contributed by atoms with Crippen LogP contribution in [0.2, 0.25) is 5.02 Å². The summed E-state index contributed by atoms with van der Waals surface area (Å²) in [5.74, 6) is 0. The van der Waals surface area contributed by atoms with Crippen molar-refractivity contribution >= 4 is 22.5 Å². The predicted molar refractivity (Wildman–Crippen MR) is 105 cm³/mol. The highest BCUT2D eigenvalue weighted by Gasteiger charge is 2.16. The van der Waals surface area contributed by atoms with Crippen LogP contribution in [0.5, 0.6) is 0 Å². The number of unbranched alkanes of at least 4 members (excludes halogenated alkanes) is 1. The van der Waals surface area contributed by atoms with Crippen LogP contribution in [0.1, 0.15) is 35.1 Å². The molecule has 0 saturated carbocycles. The van der Waals surface area contributed by atoms with E-state index >= 15 is 0 Å². The van der Waals surface area contributed by atoms with Crippen LogP contribution in [0.4, 0.5) is 0 Å². The monoisotopic (exact) mass is 340 g/mol. The van der Waals surface area contributed by atoms with Crippen LogP contribution in [0.25, 0.3) is 22.2 Å². The van der Waals surface area contributed by atoms with Gasteiger partial charge < -0.3 is 10.7 Å². The highest BCUT2D eigenvalue weighted by molar-refractivity contribution is 6.32. The summed E-state index contributed by atoms with van der Waals surface area (Å²) in [7, 11) is 0. The Hall–Kier alpha value is -1.77. The van der Waals surface area contributed by atoms with Gasteiger partial charge in [0, 0.05) is 16.1 Å². The topological polar surface area (TPSA) is 41.8 Å². The fourth-order valence-corrected chi connectivity index (χ4v) is 3.66. The molecule has 1 heterocycles. The average molecular weight is 341 g/mol. The van der Waals surface area contributed by atoms with Crippen LogP contribution in [-0.2, 0) is 6.42 Å². The molecule has 2 aromatic carbocycles. The van der Waals surface area contributed by atoms with E-state index in [2.05, 4.69) is 50.0 Å². The van der Waals surface area contributed by atoms with Gasteiger partial charge in [0.15, 0.2) is 0 Å². The molecular formula is C21H25ClN2. The first-order valence-corrected chi connectivity index (χ1v) is 8.97. The fourth-order valence-electron chi connectivity index (χ4n) is 3.51. The van der Waals surface area contributed by atoms with Crippen LogP contribution < -0.4 is 5.73 Å². The first-order chi connectivity index (χ1) is 11.5. The Balaban J connectivity index is 2.21. The van der Waals surface area contributed by atoms with E-state index in [1.54, 1.807) is 0 Å². The summed E-state index contributed by atoms with van der Waals surface area (Å²) >= 11 is 6.34. The van der Waals surface area contributed by atoms with E-state index in [1.165, 1.54) is 33.3 Å². The lowest BCUT2D eigenvalue weighted by atomic mass is 9.97. The second-order valence-corrected chi connectivity index (χ2v) is 7.10. The molecule has 0 aliphatic carbocycles. The molecule has 3 rings (SSSR count). The smallest absolute Gasteiger partial charge is 0.0506 e. The van der Waals surface area contributed by atoms with Gasteiger partial charge in [-0.05, 0) is 81.5 Å². The maximum absolute atomic E-state index is 6.34. The molecule has 2 nitrogen and oxygen atoms in total. The maximum Gasteiger partial charge on any atom is 0.0506 e. The zero-order valence-corrected chi connectivity index (χ0v) is 15.4. The molecule has 0 spiro atoms. The Kier molecular flexibility index (Phi) is 4.98. The maximum atomic E-state index is 6.34. The average Bonchev–Trinajstić information content (AvgIpc) is 2.90. The Morgan fingerprint density at radius 3 is 2.38 bits per heavy atom. The first kappa shape index (κ1) is 17.1. The predicted octanol–water partition coefficient (Wildman–Crippen LogP) is 5.69. The number of aromatic amines is 1. The molecule has 3 aromatic rings. The van der Waals surface area contributed by atoms with Gasteiger partial charge in [0.2, 0.25) is 0 Å². The van der Waals surface area contributed by atoms with Gasteiger partial charge in [-0.3, -0.25) is 0 Å².